The van der Waals surface area contributed by atoms with Crippen molar-refractivity contribution < 1.29 is 28.3 Å². The molecule has 10 bridgehead atoms. The number of hydrogen-bond acceptors (Lipinski definition) is 9. The summed E-state index contributed by atoms with van der Waals surface area (Å²) in [6, 6.07) is 16.6. The minimum Gasteiger partial charge on any atom is -0.469 e. The number of nitrogens with one attached hydrogen (secondary N) is 4. The number of hydrogen-bond donors (Lipinski definition) is 5. The third kappa shape index (κ3) is 4.12. The standard InChI is InChI=1S/C40H36N6O6/c1-17(2)30-38-45-32-34(52-38)40-23-9-5-8-21(20-7-6-10-25-29(20)22(15-41-25)28-16-42-37(32)50-28)31(23)46-39(40)51-27-12-11-19(13-24(27)40)14-26(35(48)44-30)43-36(49)33(47)18(3)4/h5-13,15-18,26,30,33,39,41,46-47H,14H2,1-4H3,(H,43,49)(H,44,48). The van der Waals surface area contributed by atoms with Crippen LogP contribution in [0.2, 0.25) is 0 Å². The van der Waals surface area contributed by atoms with Crippen LogP contribution >= 0.6 is 0 Å². The number of carbonyl (C=O) groups excluding carboxylic acids is 2. The topological polar surface area (TPSA) is 168 Å². The monoisotopic (exact) mass is 696 g/mol. The van der Waals surface area contributed by atoms with E-state index in [1.54, 1.807) is 20.0 Å². The predicted molar refractivity (Wildman–Crippen MR) is 191 cm³/mol. The van der Waals surface area contributed by atoms with Gasteiger partial charge in [0.15, 0.2) is 23.4 Å². The van der Waals surface area contributed by atoms with E-state index in [1.807, 2.05) is 50.4 Å². The summed E-state index contributed by atoms with van der Waals surface area (Å²) in [5, 5.41) is 21.3. The van der Waals surface area contributed by atoms with Crippen molar-refractivity contribution in [1.29, 1.82) is 0 Å². The lowest BCUT2D eigenvalue weighted by Crippen LogP contribution is -2.52. The molecular weight excluding hydrogens is 660 g/mol. The SMILES string of the molecule is CC(C)C(O)C(=O)NC1Cc2ccc3c(c2)C24c5cccc(c5NC2O3)-c2cccc3[nH]cc(c23)-c2cnc(o2)-c2nc(oc24)C(C(C)C)NC1=O. The fourth-order valence-electron chi connectivity index (χ4n) is 8.42. The van der Waals surface area contributed by atoms with Gasteiger partial charge >= 0.3 is 0 Å². The molecule has 0 saturated heterocycles. The van der Waals surface area contributed by atoms with Crippen LogP contribution in [-0.2, 0) is 21.4 Å². The molecule has 0 radical (unpaired) electrons. The van der Waals surface area contributed by atoms with Crippen LogP contribution in [0.5, 0.6) is 5.75 Å². The molecule has 0 aliphatic carbocycles. The molecule has 3 aromatic carbocycles. The summed E-state index contributed by atoms with van der Waals surface area (Å²) in [5.74, 6) is 0.694. The average Bonchev–Trinajstić information content (AvgIpc) is 3.95. The Bertz CT molecular complexity index is 2480. The number of benzene rings is 3. The molecule has 0 fully saturated rings. The number of carbonyl (C=O) groups is 2. The molecule has 2 amide bonds. The van der Waals surface area contributed by atoms with E-state index in [-0.39, 0.29) is 30.0 Å². The number of aromatic nitrogens is 3. The lowest BCUT2D eigenvalue weighted by atomic mass is 9.72. The Labute approximate surface area is 298 Å². The maximum atomic E-state index is 14.1. The first-order valence-electron chi connectivity index (χ1n) is 17.7. The van der Waals surface area contributed by atoms with Crippen LogP contribution in [0.3, 0.4) is 0 Å². The minimum atomic E-state index is -1.28. The van der Waals surface area contributed by atoms with E-state index in [1.165, 1.54) is 0 Å². The molecule has 52 heavy (non-hydrogen) atoms. The maximum absolute atomic E-state index is 14.1. The molecule has 3 aromatic heterocycles. The third-order valence-corrected chi connectivity index (χ3v) is 11.0. The molecule has 6 aromatic rings. The summed E-state index contributed by atoms with van der Waals surface area (Å²) in [7, 11) is 0. The molecule has 5 unspecified atom stereocenters. The third-order valence-electron chi connectivity index (χ3n) is 11.0. The number of rotatable bonds is 4. The Morgan fingerprint density at radius 2 is 1.83 bits per heavy atom. The van der Waals surface area contributed by atoms with Crippen LogP contribution in [0.4, 0.5) is 5.69 Å². The number of para-hydroxylation sites is 1. The Balaban J connectivity index is 1.28. The average molecular weight is 697 g/mol. The highest BCUT2D eigenvalue weighted by atomic mass is 16.5. The number of anilines is 1. The van der Waals surface area contributed by atoms with E-state index in [0.717, 1.165) is 50.0 Å². The van der Waals surface area contributed by atoms with Crippen molar-refractivity contribution >= 4 is 28.4 Å². The van der Waals surface area contributed by atoms with Crippen molar-refractivity contribution in [2.45, 2.75) is 63.9 Å². The molecule has 5 atom stereocenters. The van der Waals surface area contributed by atoms with Crippen molar-refractivity contribution in [3.8, 4) is 39.8 Å². The molecule has 4 aliphatic rings. The van der Waals surface area contributed by atoms with Gasteiger partial charge in [-0.25, -0.2) is 9.97 Å². The summed E-state index contributed by atoms with van der Waals surface area (Å²) in [4.78, 5) is 40.6. The van der Waals surface area contributed by atoms with Gasteiger partial charge in [-0.15, -0.1) is 0 Å². The smallest absolute Gasteiger partial charge is 0.249 e. The molecule has 10 rings (SSSR count). The van der Waals surface area contributed by atoms with Gasteiger partial charge in [-0.2, -0.15) is 0 Å². The summed E-state index contributed by atoms with van der Waals surface area (Å²) < 4.78 is 20.4. The molecule has 12 heteroatoms. The Kier molecular flexibility index (Phi) is 6.43. The van der Waals surface area contributed by atoms with Gasteiger partial charge in [0.2, 0.25) is 23.6 Å². The number of nitrogens with zero attached hydrogens (tertiary/aromatic N) is 2. The number of amides is 2. The fourth-order valence-corrected chi connectivity index (χ4v) is 8.42. The second kappa shape index (κ2) is 10.8. The van der Waals surface area contributed by atoms with Gasteiger partial charge in [-0.1, -0.05) is 70.2 Å². The van der Waals surface area contributed by atoms with Gasteiger partial charge in [0, 0.05) is 51.5 Å². The number of fused-ring (bicyclic) bond motifs is 7. The van der Waals surface area contributed by atoms with Gasteiger partial charge in [-0.05, 0) is 35.1 Å². The quantitative estimate of drug-likeness (QED) is 0.153. The van der Waals surface area contributed by atoms with E-state index in [4.69, 9.17) is 23.5 Å². The first-order chi connectivity index (χ1) is 25.1. The number of aliphatic hydroxyl groups is 1. The van der Waals surface area contributed by atoms with Crippen LogP contribution in [0, 0.1) is 11.8 Å². The molecule has 4 aliphatic heterocycles. The Morgan fingerprint density at radius 3 is 2.65 bits per heavy atom. The zero-order valence-corrected chi connectivity index (χ0v) is 28.9. The van der Waals surface area contributed by atoms with Crippen molar-refractivity contribution in [1.82, 2.24) is 25.6 Å². The highest BCUT2D eigenvalue weighted by Crippen LogP contribution is 2.61. The summed E-state index contributed by atoms with van der Waals surface area (Å²) >= 11 is 0. The first kappa shape index (κ1) is 30.9. The lowest BCUT2D eigenvalue weighted by Gasteiger charge is -2.29. The maximum Gasteiger partial charge on any atom is 0.249 e. The van der Waals surface area contributed by atoms with E-state index in [0.29, 0.717) is 23.0 Å². The molecule has 0 saturated carbocycles. The van der Waals surface area contributed by atoms with Gasteiger partial charge in [0.25, 0.3) is 0 Å². The summed E-state index contributed by atoms with van der Waals surface area (Å²) in [5.41, 5.74) is 6.61. The van der Waals surface area contributed by atoms with Gasteiger partial charge in [-0.3, -0.25) is 9.59 Å². The molecular formula is C40H36N6O6. The zero-order chi connectivity index (χ0) is 35.6. The second-order valence-corrected chi connectivity index (χ2v) is 14.9. The van der Waals surface area contributed by atoms with Crippen molar-refractivity contribution in [3.05, 3.63) is 95.3 Å². The summed E-state index contributed by atoms with van der Waals surface area (Å²) in [6.45, 7) is 7.44. The highest BCUT2D eigenvalue weighted by Gasteiger charge is 2.61. The van der Waals surface area contributed by atoms with E-state index in [2.05, 4.69) is 45.2 Å². The van der Waals surface area contributed by atoms with Gasteiger partial charge < -0.3 is 39.6 Å². The van der Waals surface area contributed by atoms with E-state index in [9.17, 15) is 14.7 Å². The van der Waals surface area contributed by atoms with Crippen LogP contribution < -0.4 is 20.7 Å². The predicted octanol–water partition coefficient (Wildman–Crippen LogP) is 5.81. The van der Waals surface area contributed by atoms with Crippen LogP contribution in [-0.4, -0.2) is 50.2 Å². The fraction of sp³-hybridized carbons (Fsp3) is 0.300. The van der Waals surface area contributed by atoms with Crippen molar-refractivity contribution in [3.63, 3.8) is 0 Å². The zero-order valence-electron chi connectivity index (χ0n) is 28.9. The molecule has 1 spiro atoms. The highest BCUT2D eigenvalue weighted by molar-refractivity contribution is 6.07. The number of aromatic amines is 1. The van der Waals surface area contributed by atoms with Gasteiger partial charge in [0.1, 0.15) is 29.4 Å². The lowest BCUT2D eigenvalue weighted by molar-refractivity contribution is -0.135. The van der Waals surface area contributed by atoms with Crippen molar-refractivity contribution in [2.24, 2.45) is 11.8 Å². The molecule has 262 valence electrons. The Hall–Kier alpha value is -5.88. The normalized spacial score (nSPS) is 22.6. The van der Waals surface area contributed by atoms with E-state index < -0.39 is 41.6 Å². The first-order valence-corrected chi connectivity index (χ1v) is 17.7. The number of aliphatic hydroxyl groups excluding tert-OH is 1. The second-order valence-electron chi connectivity index (χ2n) is 14.9. The largest absolute Gasteiger partial charge is 0.469 e. The minimum absolute atomic E-state index is 0.169. The Morgan fingerprint density at radius 1 is 1.00 bits per heavy atom. The van der Waals surface area contributed by atoms with Gasteiger partial charge in [0.05, 0.1) is 6.20 Å². The number of oxazole rings is 2. The van der Waals surface area contributed by atoms with Crippen molar-refractivity contribution in [2.75, 3.05) is 5.32 Å². The number of H-pyrrole nitrogens is 1. The van der Waals surface area contributed by atoms with Crippen LogP contribution in [0.25, 0.3) is 44.9 Å². The van der Waals surface area contributed by atoms with E-state index >= 15 is 0 Å². The molecule has 12 nitrogen and oxygen atoms in total. The molecule has 7 heterocycles. The molecule has 5 N–H and O–H groups in total. The van der Waals surface area contributed by atoms with Crippen LogP contribution in [0.1, 0.15) is 62.1 Å². The summed E-state index contributed by atoms with van der Waals surface area (Å²) in [6.07, 6.45) is 1.90. The number of ether oxygens (including phenoxy) is 1. The van der Waals surface area contributed by atoms with Crippen LogP contribution in [0.15, 0.2) is 75.8 Å².